The fourth-order valence-electron chi connectivity index (χ4n) is 2.76. The van der Waals surface area contributed by atoms with Crippen LogP contribution in [0.25, 0.3) is 0 Å². The lowest BCUT2D eigenvalue weighted by Crippen LogP contribution is -2.29. The van der Waals surface area contributed by atoms with Crippen molar-refractivity contribution >= 4 is 45.6 Å². The molecule has 1 aliphatic rings. The van der Waals surface area contributed by atoms with E-state index in [9.17, 15) is 4.79 Å². The van der Waals surface area contributed by atoms with E-state index in [1.165, 1.54) is 4.88 Å². The van der Waals surface area contributed by atoms with Gasteiger partial charge in [-0.1, -0.05) is 30.1 Å². The van der Waals surface area contributed by atoms with Crippen LogP contribution < -0.4 is 10.1 Å². The van der Waals surface area contributed by atoms with Crippen molar-refractivity contribution in [3.05, 3.63) is 38.8 Å². The van der Waals surface area contributed by atoms with Crippen molar-refractivity contribution in [2.24, 2.45) is 0 Å². The summed E-state index contributed by atoms with van der Waals surface area (Å²) in [6.45, 7) is 5.57. The Morgan fingerprint density at radius 2 is 2.27 bits per heavy atom. The van der Waals surface area contributed by atoms with Crippen LogP contribution in [0.4, 0.5) is 5.13 Å². The summed E-state index contributed by atoms with van der Waals surface area (Å²) >= 11 is 13.5. The van der Waals surface area contributed by atoms with Gasteiger partial charge >= 0.3 is 0 Å². The molecule has 3 rings (SSSR count). The summed E-state index contributed by atoms with van der Waals surface area (Å²) in [4.78, 5) is 20.3. The van der Waals surface area contributed by atoms with Crippen LogP contribution in [0.5, 0.6) is 5.75 Å². The Hall–Kier alpha value is -1.34. The van der Waals surface area contributed by atoms with E-state index in [1.54, 1.807) is 29.5 Å². The number of nitrogens with one attached hydrogen (secondary N) is 1. The predicted molar refractivity (Wildman–Crippen MR) is 107 cm³/mol. The number of aromatic nitrogens is 1. The monoisotopic (exact) mass is 413 g/mol. The molecule has 8 heteroatoms. The number of fused-ring (bicyclic) bond motifs is 1. The molecule has 0 unspecified atom stereocenters. The van der Waals surface area contributed by atoms with Crippen LogP contribution in [0.15, 0.2) is 18.2 Å². The van der Waals surface area contributed by atoms with E-state index in [0.29, 0.717) is 40.4 Å². The fourth-order valence-corrected chi connectivity index (χ4v) is 4.29. The highest BCUT2D eigenvalue weighted by atomic mass is 35.5. The number of benzene rings is 1. The molecule has 0 bridgehead atoms. The molecule has 26 heavy (non-hydrogen) atoms. The number of carbonyl (C=O) groups is 1. The highest BCUT2D eigenvalue weighted by Crippen LogP contribution is 2.29. The first kappa shape index (κ1) is 19.4. The third kappa shape index (κ3) is 5.10. The molecule has 0 radical (unpaired) electrons. The SMILES string of the molecule is CCN1CCc2nc(NC(=O)CCCOc3ccc(Cl)cc3Cl)sc2C1. The minimum absolute atomic E-state index is 0.0470. The molecular weight excluding hydrogens is 393 g/mol. The van der Waals surface area contributed by atoms with Crippen LogP contribution in [0, 0.1) is 0 Å². The average Bonchev–Trinajstić information content (AvgIpc) is 3.01. The number of amides is 1. The van der Waals surface area contributed by atoms with Crippen molar-refractivity contribution in [3.8, 4) is 5.75 Å². The number of nitrogens with zero attached hydrogens (tertiary/aromatic N) is 2. The number of likely N-dealkylation sites (N-methyl/N-ethyl adjacent to an activating group) is 1. The van der Waals surface area contributed by atoms with Crippen molar-refractivity contribution in [2.45, 2.75) is 32.7 Å². The molecule has 0 aliphatic carbocycles. The molecule has 5 nitrogen and oxygen atoms in total. The Labute approximate surface area is 167 Å². The highest BCUT2D eigenvalue weighted by Gasteiger charge is 2.20. The van der Waals surface area contributed by atoms with Gasteiger partial charge in [-0.2, -0.15) is 0 Å². The van der Waals surface area contributed by atoms with E-state index in [-0.39, 0.29) is 5.91 Å². The summed E-state index contributed by atoms with van der Waals surface area (Å²) in [5.74, 6) is 0.527. The maximum Gasteiger partial charge on any atom is 0.226 e. The number of ether oxygens (including phenoxy) is 1. The molecule has 0 saturated carbocycles. The Morgan fingerprint density at radius 1 is 1.42 bits per heavy atom. The largest absolute Gasteiger partial charge is 0.492 e. The first-order chi connectivity index (χ1) is 12.5. The summed E-state index contributed by atoms with van der Waals surface area (Å²) in [5.41, 5.74) is 1.12. The Kier molecular flexibility index (Phi) is 6.75. The standard InChI is InChI=1S/C18H21Cl2N3O2S/c1-2-23-8-7-14-16(11-23)26-18(21-14)22-17(24)4-3-9-25-15-6-5-12(19)10-13(15)20/h5-6,10H,2-4,7-9,11H2,1H3,(H,21,22,24). The zero-order valence-electron chi connectivity index (χ0n) is 14.6. The molecule has 1 N–H and O–H groups in total. The molecule has 0 spiro atoms. The summed E-state index contributed by atoms with van der Waals surface area (Å²) in [5, 5.41) is 4.63. The van der Waals surface area contributed by atoms with Gasteiger partial charge in [0.05, 0.1) is 17.3 Å². The number of halogens is 2. The lowest BCUT2D eigenvalue weighted by atomic mass is 10.2. The minimum atomic E-state index is -0.0470. The minimum Gasteiger partial charge on any atom is -0.492 e. The Morgan fingerprint density at radius 3 is 3.04 bits per heavy atom. The zero-order valence-corrected chi connectivity index (χ0v) is 16.9. The third-order valence-electron chi connectivity index (χ3n) is 4.20. The number of rotatable bonds is 7. The quantitative estimate of drug-likeness (QED) is 0.672. The number of hydrogen-bond acceptors (Lipinski definition) is 5. The molecule has 0 atom stereocenters. The second-order valence-electron chi connectivity index (χ2n) is 6.08. The van der Waals surface area contributed by atoms with Gasteiger partial charge in [-0.3, -0.25) is 9.69 Å². The molecule has 140 valence electrons. The average molecular weight is 414 g/mol. The van der Waals surface area contributed by atoms with Crippen LogP contribution in [0.2, 0.25) is 10.0 Å². The van der Waals surface area contributed by atoms with Crippen LogP contribution in [-0.4, -0.2) is 35.5 Å². The predicted octanol–water partition coefficient (Wildman–Crippen LogP) is 4.63. The molecule has 1 aromatic carbocycles. The summed E-state index contributed by atoms with van der Waals surface area (Å²) in [6, 6.07) is 5.08. The van der Waals surface area contributed by atoms with Gasteiger partial charge in [0.2, 0.25) is 5.91 Å². The van der Waals surface area contributed by atoms with Gasteiger partial charge in [0, 0.05) is 35.8 Å². The van der Waals surface area contributed by atoms with Gasteiger partial charge in [-0.05, 0) is 31.2 Å². The van der Waals surface area contributed by atoms with E-state index in [1.807, 2.05) is 0 Å². The second-order valence-corrected chi connectivity index (χ2v) is 8.01. The van der Waals surface area contributed by atoms with Crippen molar-refractivity contribution in [2.75, 3.05) is 25.0 Å². The molecule has 1 aromatic heterocycles. The zero-order chi connectivity index (χ0) is 18.5. The van der Waals surface area contributed by atoms with E-state index >= 15 is 0 Å². The third-order valence-corrected chi connectivity index (χ3v) is 5.73. The number of carbonyl (C=O) groups excluding carboxylic acids is 1. The van der Waals surface area contributed by atoms with Crippen LogP contribution in [-0.2, 0) is 17.8 Å². The molecule has 1 aliphatic heterocycles. The molecule has 1 amide bonds. The number of anilines is 1. The number of thiazole rings is 1. The molecule has 0 saturated heterocycles. The molecular formula is C18H21Cl2N3O2S. The van der Waals surface area contributed by atoms with Crippen LogP contribution >= 0.6 is 34.5 Å². The summed E-state index contributed by atoms with van der Waals surface area (Å²) < 4.78 is 5.59. The van der Waals surface area contributed by atoms with Crippen molar-refractivity contribution in [1.29, 1.82) is 0 Å². The van der Waals surface area contributed by atoms with E-state index < -0.39 is 0 Å². The topological polar surface area (TPSA) is 54.5 Å². The first-order valence-electron chi connectivity index (χ1n) is 8.63. The molecule has 0 fully saturated rings. The Balaban J connectivity index is 1.43. The van der Waals surface area contributed by atoms with Crippen LogP contribution in [0.3, 0.4) is 0 Å². The van der Waals surface area contributed by atoms with Crippen molar-refractivity contribution < 1.29 is 9.53 Å². The maximum absolute atomic E-state index is 12.1. The lowest BCUT2D eigenvalue weighted by molar-refractivity contribution is -0.116. The lowest BCUT2D eigenvalue weighted by Gasteiger charge is -2.23. The highest BCUT2D eigenvalue weighted by molar-refractivity contribution is 7.15. The van der Waals surface area contributed by atoms with Gasteiger partial charge in [0.1, 0.15) is 5.75 Å². The fraction of sp³-hybridized carbons (Fsp3) is 0.444. The van der Waals surface area contributed by atoms with E-state index in [4.69, 9.17) is 27.9 Å². The second kappa shape index (κ2) is 9.04. The van der Waals surface area contributed by atoms with Gasteiger partial charge in [0.15, 0.2) is 5.13 Å². The molecule has 2 heterocycles. The van der Waals surface area contributed by atoms with Crippen LogP contribution in [0.1, 0.15) is 30.3 Å². The summed E-state index contributed by atoms with van der Waals surface area (Å²) in [6.07, 6.45) is 1.92. The van der Waals surface area contributed by atoms with Crippen molar-refractivity contribution in [3.63, 3.8) is 0 Å². The normalized spacial score (nSPS) is 14.1. The van der Waals surface area contributed by atoms with E-state index in [0.717, 1.165) is 31.7 Å². The van der Waals surface area contributed by atoms with Gasteiger partial charge in [0.25, 0.3) is 0 Å². The summed E-state index contributed by atoms with van der Waals surface area (Å²) in [7, 11) is 0. The first-order valence-corrected chi connectivity index (χ1v) is 10.2. The van der Waals surface area contributed by atoms with Gasteiger partial charge in [-0.15, -0.1) is 11.3 Å². The van der Waals surface area contributed by atoms with Gasteiger partial charge < -0.3 is 10.1 Å². The Bertz CT molecular complexity index is 782. The molecule has 2 aromatic rings. The van der Waals surface area contributed by atoms with Crippen molar-refractivity contribution in [1.82, 2.24) is 9.88 Å². The van der Waals surface area contributed by atoms with Gasteiger partial charge in [-0.25, -0.2) is 4.98 Å². The number of hydrogen-bond donors (Lipinski definition) is 1. The van der Waals surface area contributed by atoms with E-state index in [2.05, 4.69) is 22.1 Å². The maximum atomic E-state index is 12.1. The smallest absolute Gasteiger partial charge is 0.226 e.